The van der Waals surface area contributed by atoms with E-state index in [1.165, 1.54) is 11.6 Å². The third kappa shape index (κ3) is 2.80. The molecule has 0 saturated heterocycles. The third-order valence-corrected chi connectivity index (χ3v) is 3.48. The van der Waals surface area contributed by atoms with Crippen molar-refractivity contribution in [3.8, 4) is 11.1 Å². The van der Waals surface area contributed by atoms with E-state index in [-0.39, 0.29) is 18.0 Å². The van der Waals surface area contributed by atoms with Gasteiger partial charge < -0.3 is 5.11 Å². The summed E-state index contributed by atoms with van der Waals surface area (Å²) in [6.07, 6.45) is 3.40. The number of carbonyl (C=O) groups is 2. The number of ketones is 1. The lowest BCUT2D eigenvalue weighted by Gasteiger charge is -2.04. The lowest BCUT2D eigenvalue weighted by atomic mass is 10.1. The van der Waals surface area contributed by atoms with Gasteiger partial charge in [-0.3, -0.25) is 14.3 Å². The monoisotopic (exact) mass is 310 g/mol. The van der Waals surface area contributed by atoms with E-state index >= 15 is 0 Å². The highest BCUT2D eigenvalue weighted by Gasteiger charge is 2.16. The number of carbonyl (C=O) groups excluding carboxylic acids is 1. The number of nitrogens with zero attached hydrogens (tertiary/aromatic N) is 4. The zero-order chi connectivity index (χ0) is 16.6. The number of aliphatic carboxylic acids is 1. The molecule has 0 spiro atoms. The molecule has 7 nitrogen and oxygen atoms in total. The first-order chi connectivity index (χ1) is 11.0. The number of benzene rings is 1. The van der Waals surface area contributed by atoms with Crippen molar-refractivity contribution in [3.63, 3.8) is 0 Å². The normalized spacial score (nSPS) is 10.9. The highest BCUT2D eigenvalue weighted by Crippen LogP contribution is 2.26. The standard InChI is InChI=1S/C16H14N4O3/c1-9(21)16-13-4-3-11(12-6-17-10(2)18-7-12)5-14(13)20(19-16)8-15(22)23/h3-7H,8H2,1-2H3,(H,22,23). The van der Waals surface area contributed by atoms with Crippen LogP contribution in [-0.4, -0.2) is 36.6 Å². The van der Waals surface area contributed by atoms with Crippen LogP contribution >= 0.6 is 0 Å². The van der Waals surface area contributed by atoms with Gasteiger partial charge in [0.05, 0.1) is 5.52 Å². The molecule has 0 atom stereocenters. The van der Waals surface area contributed by atoms with Crippen LogP contribution in [0.1, 0.15) is 23.2 Å². The summed E-state index contributed by atoms with van der Waals surface area (Å²) >= 11 is 0. The third-order valence-electron chi connectivity index (χ3n) is 3.48. The molecule has 0 amide bonds. The van der Waals surface area contributed by atoms with Crippen molar-refractivity contribution in [1.82, 2.24) is 19.7 Å². The number of carboxylic acid groups (broad SMARTS) is 1. The maximum absolute atomic E-state index is 11.7. The van der Waals surface area contributed by atoms with Crippen LogP contribution in [0.15, 0.2) is 30.6 Å². The summed E-state index contributed by atoms with van der Waals surface area (Å²) in [5, 5.41) is 13.8. The summed E-state index contributed by atoms with van der Waals surface area (Å²) in [6, 6.07) is 5.41. The molecule has 23 heavy (non-hydrogen) atoms. The first-order valence-corrected chi connectivity index (χ1v) is 6.98. The van der Waals surface area contributed by atoms with E-state index in [4.69, 9.17) is 5.11 Å². The zero-order valence-electron chi connectivity index (χ0n) is 12.6. The van der Waals surface area contributed by atoms with E-state index in [0.29, 0.717) is 16.7 Å². The van der Waals surface area contributed by atoms with Crippen molar-refractivity contribution < 1.29 is 14.7 Å². The fourth-order valence-electron chi connectivity index (χ4n) is 2.40. The van der Waals surface area contributed by atoms with Gasteiger partial charge in [0, 0.05) is 30.3 Å². The molecular formula is C16H14N4O3. The second-order valence-electron chi connectivity index (χ2n) is 5.21. The Hall–Kier alpha value is -3.09. The number of Topliss-reactive ketones (excluding diaryl/α,β-unsaturated/α-hetero) is 1. The maximum atomic E-state index is 11.7. The summed E-state index contributed by atoms with van der Waals surface area (Å²) < 4.78 is 1.33. The van der Waals surface area contributed by atoms with Crippen molar-refractivity contribution in [3.05, 3.63) is 42.1 Å². The second kappa shape index (κ2) is 5.60. The molecule has 1 aromatic carbocycles. The smallest absolute Gasteiger partial charge is 0.325 e. The molecule has 1 N–H and O–H groups in total. The minimum atomic E-state index is -1.02. The number of hydrogen-bond donors (Lipinski definition) is 1. The molecule has 0 aliphatic carbocycles. The van der Waals surface area contributed by atoms with Gasteiger partial charge in [-0.1, -0.05) is 6.07 Å². The van der Waals surface area contributed by atoms with Crippen molar-refractivity contribution in [2.45, 2.75) is 20.4 Å². The van der Waals surface area contributed by atoms with Gasteiger partial charge in [-0.15, -0.1) is 0 Å². The molecule has 2 heterocycles. The predicted molar refractivity (Wildman–Crippen MR) is 83.1 cm³/mol. The molecule has 0 bridgehead atoms. The Morgan fingerprint density at radius 1 is 1.17 bits per heavy atom. The predicted octanol–water partition coefficient (Wildman–Crippen LogP) is 2.09. The topological polar surface area (TPSA) is 98.0 Å². The van der Waals surface area contributed by atoms with Crippen LogP contribution in [0.25, 0.3) is 22.0 Å². The fourth-order valence-corrected chi connectivity index (χ4v) is 2.40. The van der Waals surface area contributed by atoms with E-state index < -0.39 is 5.97 Å². The van der Waals surface area contributed by atoms with Crippen LogP contribution in [0, 0.1) is 6.92 Å². The Morgan fingerprint density at radius 3 is 2.48 bits per heavy atom. The van der Waals surface area contributed by atoms with Gasteiger partial charge in [-0.05, 0) is 24.6 Å². The Balaban J connectivity index is 2.19. The van der Waals surface area contributed by atoms with Crippen LogP contribution in [0.4, 0.5) is 0 Å². The molecule has 2 aromatic heterocycles. The van der Waals surface area contributed by atoms with Crippen LogP contribution < -0.4 is 0 Å². The highest BCUT2D eigenvalue weighted by atomic mass is 16.4. The number of rotatable bonds is 4. The minimum Gasteiger partial charge on any atom is -0.480 e. The van der Waals surface area contributed by atoms with Gasteiger partial charge in [-0.25, -0.2) is 9.97 Å². The first kappa shape index (κ1) is 14.8. The number of hydrogen-bond acceptors (Lipinski definition) is 5. The first-order valence-electron chi connectivity index (χ1n) is 6.98. The number of aryl methyl sites for hydroxylation is 1. The van der Waals surface area contributed by atoms with Gasteiger partial charge in [0.25, 0.3) is 0 Å². The molecule has 7 heteroatoms. The van der Waals surface area contributed by atoms with Crippen LogP contribution in [0.3, 0.4) is 0 Å². The molecule has 0 fully saturated rings. The lowest BCUT2D eigenvalue weighted by molar-refractivity contribution is -0.137. The van der Waals surface area contributed by atoms with Crippen LogP contribution in [0.2, 0.25) is 0 Å². The molecule has 3 rings (SSSR count). The second-order valence-corrected chi connectivity index (χ2v) is 5.21. The molecule has 0 unspecified atom stereocenters. The largest absolute Gasteiger partial charge is 0.480 e. The summed E-state index contributed by atoms with van der Waals surface area (Å²) in [5.74, 6) is -0.552. The quantitative estimate of drug-likeness (QED) is 0.741. The molecule has 0 saturated carbocycles. The van der Waals surface area contributed by atoms with E-state index in [9.17, 15) is 9.59 Å². The van der Waals surface area contributed by atoms with E-state index in [1.807, 2.05) is 6.07 Å². The van der Waals surface area contributed by atoms with Crippen molar-refractivity contribution in [2.24, 2.45) is 0 Å². The van der Waals surface area contributed by atoms with E-state index in [1.54, 1.807) is 31.5 Å². The molecule has 0 radical (unpaired) electrons. The Morgan fingerprint density at radius 2 is 1.87 bits per heavy atom. The van der Waals surface area contributed by atoms with Crippen LogP contribution in [0.5, 0.6) is 0 Å². The van der Waals surface area contributed by atoms with Crippen LogP contribution in [-0.2, 0) is 11.3 Å². The summed E-state index contributed by atoms with van der Waals surface area (Å²) in [5.41, 5.74) is 2.51. The van der Waals surface area contributed by atoms with Gasteiger partial charge >= 0.3 is 5.97 Å². The lowest BCUT2D eigenvalue weighted by Crippen LogP contribution is -2.10. The average Bonchev–Trinajstić information content (AvgIpc) is 2.86. The number of fused-ring (bicyclic) bond motifs is 1. The minimum absolute atomic E-state index is 0.203. The van der Waals surface area contributed by atoms with E-state index in [2.05, 4.69) is 15.1 Å². The molecule has 116 valence electrons. The van der Waals surface area contributed by atoms with E-state index in [0.717, 1.165) is 11.1 Å². The summed E-state index contributed by atoms with van der Waals surface area (Å²) in [6.45, 7) is 2.90. The number of aromatic nitrogens is 4. The van der Waals surface area contributed by atoms with Crippen molar-refractivity contribution in [2.75, 3.05) is 0 Å². The SMILES string of the molecule is CC(=O)c1nn(CC(=O)O)c2cc(-c3cnc(C)nc3)ccc12. The van der Waals surface area contributed by atoms with Crippen molar-refractivity contribution in [1.29, 1.82) is 0 Å². The van der Waals surface area contributed by atoms with Gasteiger partial charge in [0.15, 0.2) is 5.78 Å². The molecular weight excluding hydrogens is 296 g/mol. The van der Waals surface area contributed by atoms with Gasteiger partial charge in [0.2, 0.25) is 0 Å². The van der Waals surface area contributed by atoms with Crippen molar-refractivity contribution >= 4 is 22.7 Å². The maximum Gasteiger partial charge on any atom is 0.325 e. The zero-order valence-corrected chi connectivity index (χ0v) is 12.6. The van der Waals surface area contributed by atoms with Gasteiger partial charge in [-0.2, -0.15) is 5.10 Å². The summed E-state index contributed by atoms with van der Waals surface area (Å²) in [7, 11) is 0. The Bertz CT molecular complexity index is 913. The van der Waals surface area contributed by atoms with Gasteiger partial charge in [0.1, 0.15) is 18.1 Å². The highest BCUT2D eigenvalue weighted by molar-refractivity contribution is 6.05. The molecule has 0 aliphatic rings. The summed E-state index contributed by atoms with van der Waals surface area (Å²) in [4.78, 5) is 31.0. The Kier molecular flexibility index (Phi) is 3.61. The average molecular weight is 310 g/mol. The molecule has 3 aromatic rings. The Labute approximate surface area is 131 Å². The molecule has 0 aliphatic heterocycles. The number of carboxylic acids is 1. The fraction of sp³-hybridized carbons (Fsp3) is 0.188.